The molecule has 1 aromatic carbocycles. The van der Waals surface area contributed by atoms with Gasteiger partial charge in [0.15, 0.2) is 22.3 Å². The molecule has 4 heterocycles. The summed E-state index contributed by atoms with van der Waals surface area (Å²) >= 11 is 1.54. The second kappa shape index (κ2) is 12.8. The monoisotopic (exact) mass is 618 g/mol. The Morgan fingerprint density at radius 3 is 1.74 bits per heavy atom. The standard InChI is InChI=1S/C23H27N10O7PS/c1-42-15-4-2-14(3-5-15)41(36,39-8-6-37-12-32-10-26-16-18(32)28-22(24)30-20(16)34)40-9-7-38-13-33-11-27-17-19(33)29-23(25)31-21(17)35/h2-5,10-11H,6-9,12-13H2,1H3,(H3,24,28,30,34)(H3,25,29,31,35). The molecule has 0 saturated carbocycles. The lowest BCUT2D eigenvalue weighted by atomic mass is 10.4. The minimum Gasteiger partial charge on any atom is -0.369 e. The van der Waals surface area contributed by atoms with Gasteiger partial charge >= 0.3 is 7.60 Å². The molecule has 0 aliphatic carbocycles. The summed E-state index contributed by atoms with van der Waals surface area (Å²) in [5.74, 6) is -0.0794. The van der Waals surface area contributed by atoms with Gasteiger partial charge in [-0.15, -0.1) is 11.8 Å². The molecular formula is C23H27N10O7PS. The van der Waals surface area contributed by atoms with Crippen LogP contribution in [0, 0.1) is 0 Å². The molecule has 0 aliphatic rings. The normalized spacial score (nSPS) is 12.0. The lowest BCUT2D eigenvalue weighted by Gasteiger charge is -2.19. The van der Waals surface area contributed by atoms with Crippen molar-refractivity contribution in [2.24, 2.45) is 0 Å². The molecule has 0 bridgehead atoms. The minimum atomic E-state index is -3.76. The third-order valence-electron chi connectivity index (χ3n) is 5.81. The van der Waals surface area contributed by atoms with Crippen molar-refractivity contribution in [2.45, 2.75) is 18.4 Å². The molecule has 5 aromatic rings. The predicted molar refractivity (Wildman–Crippen MR) is 154 cm³/mol. The van der Waals surface area contributed by atoms with E-state index < -0.39 is 18.7 Å². The molecule has 0 aliphatic heterocycles. The van der Waals surface area contributed by atoms with E-state index in [1.54, 1.807) is 23.9 Å². The second-order valence-corrected chi connectivity index (χ2v) is 11.5. The number of ether oxygens (including phenoxy) is 2. The zero-order chi connectivity index (χ0) is 29.7. The number of nitrogen functional groups attached to an aromatic ring is 2. The third-order valence-corrected chi connectivity index (χ3v) is 8.53. The Morgan fingerprint density at radius 2 is 1.29 bits per heavy atom. The van der Waals surface area contributed by atoms with Crippen LogP contribution < -0.4 is 27.9 Å². The maximum absolute atomic E-state index is 13.8. The summed E-state index contributed by atoms with van der Waals surface area (Å²) in [4.78, 5) is 45.8. The Hall–Kier alpha value is -4.06. The Bertz CT molecular complexity index is 1740. The van der Waals surface area contributed by atoms with E-state index in [0.29, 0.717) is 5.30 Å². The molecule has 17 nitrogen and oxygen atoms in total. The molecule has 4 aromatic heterocycles. The molecule has 0 atom stereocenters. The van der Waals surface area contributed by atoms with E-state index in [0.717, 1.165) is 4.90 Å². The van der Waals surface area contributed by atoms with Gasteiger partial charge in [0.05, 0.1) is 44.4 Å². The van der Waals surface area contributed by atoms with Crippen LogP contribution in [0.3, 0.4) is 0 Å². The number of hydrogen-bond acceptors (Lipinski definition) is 14. The van der Waals surface area contributed by atoms with Gasteiger partial charge in [0.1, 0.15) is 13.5 Å². The fourth-order valence-corrected chi connectivity index (χ4v) is 5.77. The van der Waals surface area contributed by atoms with Crippen LogP contribution in [-0.4, -0.2) is 71.7 Å². The van der Waals surface area contributed by atoms with Gasteiger partial charge in [-0.2, -0.15) is 9.97 Å². The van der Waals surface area contributed by atoms with Crippen LogP contribution in [0.1, 0.15) is 0 Å². The van der Waals surface area contributed by atoms with Gasteiger partial charge in [-0.25, -0.2) is 9.97 Å². The number of aromatic amines is 2. The summed E-state index contributed by atoms with van der Waals surface area (Å²) in [6.07, 6.45) is 4.75. The van der Waals surface area contributed by atoms with Crippen LogP contribution in [-0.2, 0) is 36.5 Å². The summed E-state index contributed by atoms with van der Waals surface area (Å²) in [6, 6.07) is 7.01. The second-order valence-electron chi connectivity index (χ2n) is 8.61. The van der Waals surface area contributed by atoms with Crippen molar-refractivity contribution < 1.29 is 23.1 Å². The van der Waals surface area contributed by atoms with Crippen molar-refractivity contribution >= 4 is 58.9 Å². The largest absolute Gasteiger partial charge is 0.369 e. The summed E-state index contributed by atoms with van der Waals surface area (Å²) in [7, 11) is -3.76. The fraction of sp³-hybridized carbons (Fsp3) is 0.304. The predicted octanol–water partition coefficient (Wildman–Crippen LogP) is 0.639. The van der Waals surface area contributed by atoms with Crippen molar-refractivity contribution in [3.8, 4) is 0 Å². The third kappa shape index (κ3) is 6.53. The van der Waals surface area contributed by atoms with E-state index >= 15 is 0 Å². The fourth-order valence-electron chi connectivity index (χ4n) is 3.84. The number of aromatic nitrogens is 8. The lowest BCUT2D eigenvalue weighted by molar-refractivity contribution is 0.0395. The maximum atomic E-state index is 13.8. The molecule has 0 amide bonds. The molecule has 6 N–H and O–H groups in total. The van der Waals surface area contributed by atoms with Crippen molar-refractivity contribution in [3.05, 3.63) is 57.6 Å². The Balaban J connectivity index is 1.16. The number of benzene rings is 1. The number of thioether (sulfide) groups is 1. The average molecular weight is 619 g/mol. The highest BCUT2D eigenvalue weighted by Crippen LogP contribution is 2.47. The Labute approximate surface area is 241 Å². The number of nitrogens with one attached hydrogen (secondary N) is 2. The van der Waals surface area contributed by atoms with Gasteiger partial charge < -0.3 is 30.0 Å². The average Bonchev–Trinajstić information content (AvgIpc) is 3.57. The zero-order valence-corrected chi connectivity index (χ0v) is 24.0. The number of nitrogens with two attached hydrogens (primary N) is 2. The van der Waals surface area contributed by atoms with Crippen molar-refractivity contribution in [3.63, 3.8) is 0 Å². The zero-order valence-electron chi connectivity index (χ0n) is 22.3. The summed E-state index contributed by atoms with van der Waals surface area (Å²) < 4.78 is 39.5. The van der Waals surface area contributed by atoms with Crippen LogP contribution in [0.4, 0.5) is 11.9 Å². The van der Waals surface area contributed by atoms with Crippen LogP contribution in [0.2, 0.25) is 0 Å². The van der Waals surface area contributed by atoms with Crippen LogP contribution in [0.15, 0.2) is 51.4 Å². The van der Waals surface area contributed by atoms with E-state index in [1.807, 2.05) is 18.4 Å². The number of fused-ring (bicyclic) bond motifs is 2. The summed E-state index contributed by atoms with van der Waals surface area (Å²) in [5, 5.41) is 0.374. The van der Waals surface area contributed by atoms with Gasteiger partial charge in [-0.05, 0) is 30.5 Å². The van der Waals surface area contributed by atoms with E-state index in [-0.39, 0.29) is 74.1 Å². The summed E-state index contributed by atoms with van der Waals surface area (Å²) in [5.41, 5.74) is 11.1. The van der Waals surface area contributed by atoms with Gasteiger partial charge in [-0.1, -0.05) is 0 Å². The first-order chi connectivity index (χ1) is 20.3. The van der Waals surface area contributed by atoms with Crippen LogP contribution >= 0.6 is 19.4 Å². The topological polar surface area (TPSA) is 233 Å². The molecule has 42 heavy (non-hydrogen) atoms. The minimum absolute atomic E-state index is 0.00643. The number of nitrogens with zero attached hydrogens (tertiary/aromatic N) is 6. The molecule has 19 heteroatoms. The molecule has 222 valence electrons. The van der Waals surface area contributed by atoms with Gasteiger partial charge in [0, 0.05) is 4.90 Å². The van der Waals surface area contributed by atoms with Crippen molar-refractivity contribution in [2.75, 3.05) is 44.2 Å². The first kappa shape index (κ1) is 29.4. The molecule has 5 rings (SSSR count). The molecule has 0 unspecified atom stereocenters. The van der Waals surface area contributed by atoms with Gasteiger partial charge in [0.25, 0.3) is 11.1 Å². The number of H-pyrrole nitrogens is 2. The van der Waals surface area contributed by atoms with E-state index in [9.17, 15) is 14.2 Å². The lowest BCUT2D eigenvalue weighted by Crippen LogP contribution is -2.16. The van der Waals surface area contributed by atoms with Gasteiger partial charge in [-0.3, -0.25) is 33.3 Å². The Kier molecular flexibility index (Phi) is 9.00. The number of rotatable bonds is 14. The molecule has 0 saturated heterocycles. The van der Waals surface area contributed by atoms with E-state index in [4.69, 9.17) is 30.0 Å². The molecular weight excluding hydrogens is 591 g/mol. The maximum Gasteiger partial charge on any atom is 0.361 e. The molecule has 0 fully saturated rings. The Morgan fingerprint density at radius 1 is 0.810 bits per heavy atom. The molecule has 0 spiro atoms. The van der Waals surface area contributed by atoms with Crippen LogP contribution in [0.25, 0.3) is 22.3 Å². The van der Waals surface area contributed by atoms with Crippen molar-refractivity contribution in [1.29, 1.82) is 0 Å². The van der Waals surface area contributed by atoms with Gasteiger partial charge in [0.2, 0.25) is 11.9 Å². The van der Waals surface area contributed by atoms with E-state index in [1.165, 1.54) is 21.8 Å². The number of imidazole rings is 2. The first-order valence-electron chi connectivity index (χ1n) is 12.4. The van der Waals surface area contributed by atoms with Crippen LogP contribution in [0.5, 0.6) is 0 Å². The van der Waals surface area contributed by atoms with E-state index in [2.05, 4.69) is 29.9 Å². The highest BCUT2D eigenvalue weighted by molar-refractivity contribution is 7.98. The smallest absolute Gasteiger partial charge is 0.361 e. The SMILES string of the molecule is CSc1ccc(P(=O)(OCCOCn2cnc3c(=O)[nH]c(N)nc32)OCCOCn2cnc3c(=O)[nH]c(N)nc32)cc1. The number of hydrogen-bond donors (Lipinski definition) is 4. The van der Waals surface area contributed by atoms with Crippen molar-refractivity contribution in [1.82, 2.24) is 39.0 Å². The highest BCUT2D eigenvalue weighted by Gasteiger charge is 2.28. The summed E-state index contributed by atoms with van der Waals surface area (Å²) in [6.45, 7) is -0.0111. The highest BCUT2D eigenvalue weighted by atomic mass is 32.2. The number of anilines is 2. The quantitative estimate of drug-likeness (QED) is 0.0760. The first-order valence-corrected chi connectivity index (χ1v) is 15.1. The molecule has 0 radical (unpaired) electrons.